The normalized spacial score (nSPS) is 13.8. The standard InChI is InChI=1S/C11H17BrN2OS/c1-6-7(4-9(12)16-6)8(13)5-11(2,3)10(14)15/h4,8H,5,13H2,1-3H3,(H2,14,15). The first-order valence-corrected chi connectivity index (χ1v) is 6.66. The average Bonchev–Trinajstić information content (AvgIpc) is 2.44. The minimum absolute atomic E-state index is 0.148. The number of primary amides is 1. The van der Waals surface area contributed by atoms with Crippen molar-refractivity contribution >= 4 is 33.2 Å². The molecule has 1 aromatic heterocycles. The van der Waals surface area contributed by atoms with Crippen molar-refractivity contribution in [2.24, 2.45) is 16.9 Å². The van der Waals surface area contributed by atoms with Gasteiger partial charge in [-0.05, 0) is 40.9 Å². The Morgan fingerprint density at radius 3 is 2.56 bits per heavy atom. The Kier molecular flexibility index (Phi) is 4.15. The van der Waals surface area contributed by atoms with E-state index in [-0.39, 0.29) is 11.9 Å². The van der Waals surface area contributed by atoms with E-state index in [0.717, 1.165) is 9.35 Å². The third-order valence-electron chi connectivity index (χ3n) is 2.72. The summed E-state index contributed by atoms with van der Waals surface area (Å²) in [5.41, 5.74) is 12.0. The maximum atomic E-state index is 11.2. The minimum atomic E-state index is -0.569. The van der Waals surface area contributed by atoms with E-state index < -0.39 is 5.41 Å². The molecule has 0 aliphatic rings. The molecule has 0 aliphatic carbocycles. The molecule has 0 saturated heterocycles. The third-order valence-corrected chi connectivity index (χ3v) is 4.29. The summed E-state index contributed by atoms with van der Waals surface area (Å²) in [5, 5.41) is 0. The van der Waals surface area contributed by atoms with Crippen LogP contribution in [0.2, 0.25) is 0 Å². The van der Waals surface area contributed by atoms with E-state index in [0.29, 0.717) is 6.42 Å². The van der Waals surface area contributed by atoms with Gasteiger partial charge in [0, 0.05) is 16.3 Å². The van der Waals surface area contributed by atoms with Crippen LogP contribution in [0, 0.1) is 12.3 Å². The molecule has 1 atom stereocenters. The van der Waals surface area contributed by atoms with Crippen molar-refractivity contribution in [2.75, 3.05) is 0 Å². The predicted octanol–water partition coefficient (Wildman–Crippen LogP) is 2.72. The van der Waals surface area contributed by atoms with Gasteiger partial charge >= 0.3 is 0 Å². The summed E-state index contributed by atoms with van der Waals surface area (Å²) in [6, 6.07) is 1.87. The van der Waals surface area contributed by atoms with Gasteiger partial charge in [0.25, 0.3) is 0 Å². The van der Waals surface area contributed by atoms with E-state index in [4.69, 9.17) is 11.5 Å². The fourth-order valence-electron chi connectivity index (χ4n) is 1.59. The van der Waals surface area contributed by atoms with E-state index in [1.807, 2.05) is 26.8 Å². The van der Waals surface area contributed by atoms with Crippen molar-refractivity contribution in [1.82, 2.24) is 0 Å². The van der Waals surface area contributed by atoms with Crippen LogP contribution in [-0.4, -0.2) is 5.91 Å². The van der Waals surface area contributed by atoms with Crippen LogP contribution in [0.5, 0.6) is 0 Å². The van der Waals surface area contributed by atoms with Crippen molar-refractivity contribution < 1.29 is 4.79 Å². The van der Waals surface area contributed by atoms with Crippen LogP contribution >= 0.6 is 27.3 Å². The summed E-state index contributed by atoms with van der Waals surface area (Å²) >= 11 is 5.08. The summed E-state index contributed by atoms with van der Waals surface area (Å²) in [4.78, 5) is 12.4. The largest absolute Gasteiger partial charge is 0.369 e. The van der Waals surface area contributed by atoms with Crippen molar-refractivity contribution in [1.29, 1.82) is 0 Å². The summed E-state index contributed by atoms with van der Waals surface area (Å²) in [6.07, 6.45) is 0.562. The molecule has 0 saturated carbocycles. The molecule has 5 heteroatoms. The fourth-order valence-corrected chi connectivity index (χ4v) is 3.37. The number of halogens is 1. The predicted molar refractivity (Wildman–Crippen MR) is 71.3 cm³/mol. The number of rotatable bonds is 4. The van der Waals surface area contributed by atoms with Gasteiger partial charge < -0.3 is 11.5 Å². The summed E-state index contributed by atoms with van der Waals surface area (Å²) < 4.78 is 1.06. The number of carbonyl (C=O) groups excluding carboxylic acids is 1. The molecule has 0 bridgehead atoms. The molecule has 0 radical (unpaired) electrons. The lowest BCUT2D eigenvalue weighted by atomic mass is 9.83. The molecule has 0 fully saturated rings. The molecule has 0 spiro atoms. The first-order chi connectivity index (χ1) is 7.24. The third kappa shape index (κ3) is 3.06. The monoisotopic (exact) mass is 304 g/mol. The summed E-state index contributed by atoms with van der Waals surface area (Å²) in [5.74, 6) is -0.310. The van der Waals surface area contributed by atoms with Gasteiger partial charge in [0.05, 0.1) is 3.79 Å². The second kappa shape index (κ2) is 4.85. The first-order valence-electron chi connectivity index (χ1n) is 5.05. The smallest absolute Gasteiger partial charge is 0.223 e. The molecule has 3 nitrogen and oxygen atoms in total. The lowest BCUT2D eigenvalue weighted by Crippen LogP contribution is -2.34. The van der Waals surface area contributed by atoms with Crippen LogP contribution < -0.4 is 11.5 Å². The van der Waals surface area contributed by atoms with E-state index in [1.165, 1.54) is 4.88 Å². The first kappa shape index (κ1) is 13.7. The number of nitrogens with two attached hydrogens (primary N) is 2. The Morgan fingerprint density at radius 1 is 1.62 bits per heavy atom. The number of hydrogen-bond acceptors (Lipinski definition) is 3. The maximum Gasteiger partial charge on any atom is 0.223 e. The molecule has 1 unspecified atom stereocenters. The van der Waals surface area contributed by atoms with E-state index >= 15 is 0 Å². The molecular formula is C11H17BrN2OS. The Morgan fingerprint density at radius 2 is 2.19 bits per heavy atom. The lowest BCUT2D eigenvalue weighted by Gasteiger charge is -2.24. The zero-order chi connectivity index (χ0) is 12.5. The Hall–Kier alpha value is -0.390. The van der Waals surface area contributed by atoms with Crippen molar-refractivity contribution in [3.8, 4) is 0 Å². The number of hydrogen-bond donors (Lipinski definition) is 2. The number of carbonyl (C=O) groups is 1. The van der Waals surface area contributed by atoms with Gasteiger partial charge in [0.1, 0.15) is 0 Å². The second-order valence-electron chi connectivity index (χ2n) is 4.62. The van der Waals surface area contributed by atoms with Crippen molar-refractivity contribution in [3.63, 3.8) is 0 Å². The van der Waals surface area contributed by atoms with Crippen LogP contribution in [0.3, 0.4) is 0 Å². The van der Waals surface area contributed by atoms with E-state index in [2.05, 4.69) is 15.9 Å². The Bertz CT molecular complexity index is 401. The highest BCUT2D eigenvalue weighted by atomic mass is 79.9. The molecule has 0 aliphatic heterocycles. The molecule has 1 amide bonds. The van der Waals surface area contributed by atoms with Crippen LogP contribution in [0.25, 0.3) is 0 Å². The van der Waals surface area contributed by atoms with Crippen LogP contribution in [0.1, 0.15) is 36.8 Å². The van der Waals surface area contributed by atoms with Crippen LogP contribution in [0.4, 0.5) is 0 Å². The summed E-state index contributed by atoms with van der Waals surface area (Å²) in [6.45, 7) is 5.68. The van der Waals surface area contributed by atoms with Gasteiger partial charge in [-0.2, -0.15) is 0 Å². The van der Waals surface area contributed by atoms with Crippen LogP contribution in [0.15, 0.2) is 9.85 Å². The van der Waals surface area contributed by atoms with Gasteiger partial charge in [0.15, 0.2) is 0 Å². The number of thiophene rings is 1. The molecule has 0 aromatic carbocycles. The zero-order valence-corrected chi connectivity index (χ0v) is 12.1. The maximum absolute atomic E-state index is 11.2. The van der Waals surface area contributed by atoms with Crippen molar-refractivity contribution in [3.05, 3.63) is 20.3 Å². The minimum Gasteiger partial charge on any atom is -0.369 e. The molecule has 16 heavy (non-hydrogen) atoms. The van der Waals surface area contributed by atoms with E-state index in [1.54, 1.807) is 11.3 Å². The topological polar surface area (TPSA) is 69.1 Å². The Labute approximate surface area is 108 Å². The van der Waals surface area contributed by atoms with E-state index in [9.17, 15) is 4.79 Å². The number of amides is 1. The number of aryl methyl sites for hydroxylation is 1. The highest BCUT2D eigenvalue weighted by Crippen LogP contribution is 2.34. The van der Waals surface area contributed by atoms with Gasteiger partial charge in [-0.1, -0.05) is 13.8 Å². The Balaban J connectivity index is 2.84. The van der Waals surface area contributed by atoms with Gasteiger partial charge in [0.2, 0.25) is 5.91 Å². The highest BCUT2D eigenvalue weighted by molar-refractivity contribution is 9.11. The quantitative estimate of drug-likeness (QED) is 0.898. The zero-order valence-electron chi connectivity index (χ0n) is 9.71. The molecule has 1 aromatic rings. The molecule has 1 rings (SSSR count). The average molecular weight is 305 g/mol. The van der Waals surface area contributed by atoms with Gasteiger partial charge in [-0.3, -0.25) is 4.79 Å². The fraction of sp³-hybridized carbons (Fsp3) is 0.545. The molecule has 4 N–H and O–H groups in total. The molecule has 1 heterocycles. The van der Waals surface area contributed by atoms with Crippen molar-refractivity contribution in [2.45, 2.75) is 33.2 Å². The van der Waals surface area contributed by atoms with Crippen LogP contribution in [-0.2, 0) is 4.79 Å². The SMILES string of the molecule is Cc1sc(Br)cc1C(N)CC(C)(C)C(N)=O. The molecular weight excluding hydrogens is 288 g/mol. The highest BCUT2D eigenvalue weighted by Gasteiger charge is 2.29. The summed E-state index contributed by atoms with van der Waals surface area (Å²) in [7, 11) is 0. The van der Waals surface area contributed by atoms with Gasteiger partial charge in [-0.25, -0.2) is 0 Å². The second-order valence-corrected chi connectivity index (χ2v) is 7.26. The van der Waals surface area contributed by atoms with Gasteiger partial charge in [-0.15, -0.1) is 11.3 Å². The molecule has 90 valence electrons. The lowest BCUT2D eigenvalue weighted by molar-refractivity contribution is -0.126.